The molecule has 2 amide bonds. The standard InChI is InChI=1S/C20H22N2O4/c1-13-9-10-17(11-14(13)2)22-20(26)15-5-3-6-16(12-15)21-18(23)7-4-8-19(24)25/h3,5-6,9-12H,4,7-8H2,1-2H3,(H,21,23)(H,22,26)(H,24,25)/p-1. The first-order valence-corrected chi connectivity index (χ1v) is 8.33. The van der Waals surface area contributed by atoms with E-state index in [1.807, 2.05) is 32.0 Å². The van der Waals surface area contributed by atoms with E-state index in [9.17, 15) is 19.5 Å². The molecule has 0 saturated carbocycles. The highest BCUT2D eigenvalue weighted by molar-refractivity contribution is 6.05. The second kappa shape index (κ2) is 8.80. The van der Waals surface area contributed by atoms with Gasteiger partial charge in [-0.3, -0.25) is 9.59 Å². The Kier molecular flexibility index (Phi) is 6.49. The summed E-state index contributed by atoms with van der Waals surface area (Å²) in [5.74, 6) is -1.76. The Morgan fingerprint density at radius 2 is 1.62 bits per heavy atom. The number of benzene rings is 2. The lowest BCUT2D eigenvalue weighted by Crippen LogP contribution is -2.22. The number of carbonyl (C=O) groups excluding carboxylic acids is 3. The number of carboxylic acids is 1. The van der Waals surface area contributed by atoms with Gasteiger partial charge in [-0.15, -0.1) is 0 Å². The van der Waals surface area contributed by atoms with Gasteiger partial charge in [-0.05, 0) is 68.1 Å². The van der Waals surface area contributed by atoms with Crippen molar-refractivity contribution in [3.05, 3.63) is 59.2 Å². The fraction of sp³-hybridized carbons (Fsp3) is 0.250. The number of amides is 2. The lowest BCUT2D eigenvalue weighted by Gasteiger charge is -2.10. The van der Waals surface area contributed by atoms with Gasteiger partial charge in [-0.1, -0.05) is 12.1 Å². The van der Waals surface area contributed by atoms with Gasteiger partial charge in [0, 0.05) is 29.3 Å². The van der Waals surface area contributed by atoms with Crippen LogP contribution in [-0.2, 0) is 9.59 Å². The molecule has 0 aliphatic carbocycles. The molecule has 0 spiro atoms. The number of rotatable bonds is 7. The molecule has 0 aromatic heterocycles. The molecule has 6 heteroatoms. The topological polar surface area (TPSA) is 98.3 Å². The van der Waals surface area contributed by atoms with Crippen LogP contribution in [0.5, 0.6) is 0 Å². The lowest BCUT2D eigenvalue weighted by atomic mass is 10.1. The summed E-state index contributed by atoms with van der Waals surface area (Å²) in [6, 6.07) is 12.2. The highest BCUT2D eigenvalue weighted by Gasteiger charge is 2.09. The van der Waals surface area contributed by atoms with Crippen LogP contribution in [0.2, 0.25) is 0 Å². The molecule has 136 valence electrons. The van der Waals surface area contributed by atoms with E-state index in [2.05, 4.69) is 10.6 Å². The molecule has 0 atom stereocenters. The van der Waals surface area contributed by atoms with Gasteiger partial charge >= 0.3 is 0 Å². The summed E-state index contributed by atoms with van der Waals surface area (Å²) in [4.78, 5) is 34.6. The molecule has 26 heavy (non-hydrogen) atoms. The Morgan fingerprint density at radius 1 is 0.885 bits per heavy atom. The van der Waals surface area contributed by atoms with Crippen LogP contribution >= 0.6 is 0 Å². The third kappa shape index (κ3) is 5.73. The van der Waals surface area contributed by atoms with Gasteiger partial charge in [0.15, 0.2) is 0 Å². The van der Waals surface area contributed by atoms with Crippen LogP contribution in [0.3, 0.4) is 0 Å². The number of carboxylic acid groups (broad SMARTS) is 1. The summed E-state index contributed by atoms with van der Waals surface area (Å²) in [5, 5.41) is 15.8. The first-order valence-electron chi connectivity index (χ1n) is 8.33. The SMILES string of the molecule is Cc1ccc(NC(=O)c2cccc(NC(=O)CCCC(=O)[O-])c2)cc1C. The summed E-state index contributed by atoms with van der Waals surface area (Å²) in [6.45, 7) is 3.97. The molecule has 0 aliphatic rings. The fourth-order valence-corrected chi connectivity index (χ4v) is 2.38. The molecular weight excluding hydrogens is 332 g/mol. The number of hydrogen-bond donors (Lipinski definition) is 2. The van der Waals surface area contributed by atoms with Crippen LogP contribution in [0, 0.1) is 13.8 Å². The van der Waals surface area contributed by atoms with Crippen molar-refractivity contribution in [3.8, 4) is 0 Å². The van der Waals surface area contributed by atoms with E-state index >= 15 is 0 Å². The molecule has 2 aromatic rings. The zero-order valence-corrected chi connectivity index (χ0v) is 14.8. The normalized spacial score (nSPS) is 10.2. The van der Waals surface area contributed by atoms with Gasteiger partial charge in [0.25, 0.3) is 5.91 Å². The fourth-order valence-electron chi connectivity index (χ4n) is 2.38. The third-order valence-corrected chi connectivity index (χ3v) is 3.96. The quantitative estimate of drug-likeness (QED) is 0.798. The van der Waals surface area contributed by atoms with Crippen molar-refractivity contribution in [2.45, 2.75) is 33.1 Å². The zero-order chi connectivity index (χ0) is 19.1. The number of hydrogen-bond acceptors (Lipinski definition) is 4. The van der Waals surface area contributed by atoms with Gasteiger partial charge in [-0.25, -0.2) is 0 Å². The highest BCUT2D eigenvalue weighted by atomic mass is 16.4. The minimum atomic E-state index is -1.18. The minimum Gasteiger partial charge on any atom is -0.550 e. The maximum Gasteiger partial charge on any atom is 0.255 e. The van der Waals surface area contributed by atoms with Gasteiger partial charge < -0.3 is 20.5 Å². The van der Waals surface area contributed by atoms with Gasteiger partial charge in [0.1, 0.15) is 0 Å². The largest absolute Gasteiger partial charge is 0.550 e. The van der Waals surface area contributed by atoms with Crippen molar-refractivity contribution >= 4 is 29.2 Å². The van der Waals surface area contributed by atoms with E-state index in [0.717, 1.165) is 11.1 Å². The Balaban J connectivity index is 1.98. The molecule has 2 N–H and O–H groups in total. The van der Waals surface area contributed by atoms with Crippen molar-refractivity contribution in [1.82, 2.24) is 0 Å². The average molecular weight is 353 g/mol. The van der Waals surface area contributed by atoms with E-state index in [-0.39, 0.29) is 31.1 Å². The summed E-state index contributed by atoms with van der Waals surface area (Å²) in [6.07, 6.45) is 0.125. The predicted molar refractivity (Wildman–Crippen MR) is 97.8 cm³/mol. The Morgan fingerprint density at radius 3 is 2.31 bits per heavy atom. The van der Waals surface area contributed by atoms with E-state index < -0.39 is 5.97 Å². The first kappa shape index (κ1) is 19.2. The first-order chi connectivity index (χ1) is 12.3. The van der Waals surface area contributed by atoms with Crippen LogP contribution in [0.25, 0.3) is 0 Å². The molecule has 0 heterocycles. The molecule has 0 radical (unpaired) electrons. The Hall–Kier alpha value is -3.15. The molecule has 2 rings (SSSR count). The molecule has 0 saturated heterocycles. The summed E-state index contributed by atoms with van der Waals surface area (Å²) >= 11 is 0. The van der Waals surface area contributed by atoms with E-state index in [1.165, 1.54) is 0 Å². The van der Waals surface area contributed by atoms with Crippen molar-refractivity contribution in [2.24, 2.45) is 0 Å². The minimum absolute atomic E-state index is 0.0764. The number of aliphatic carboxylic acids is 1. The molecule has 0 aliphatic heterocycles. The predicted octanol–water partition coefficient (Wildman–Crippen LogP) is 2.41. The number of carbonyl (C=O) groups is 3. The molecule has 0 unspecified atom stereocenters. The molecule has 0 bridgehead atoms. The third-order valence-electron chi connectivity index (χ3n) is 3.96. The van der Waals surface area contributed by atoms with Crippen LogP contribution in [0.1, 0.15) is 40.7 Å². The second-order valence-electron chi connectivity index (χ2n) is 6.11. The zero-order valence-electron chi connectivity index (χ0n) is 14.8. The number of nitrogens with one attached hydrogen (secondary N) is 2. The second-order valence-corrected chi connectivity index (χ2v) is 6.11. The molecule has 2 aromatic carbocycles. The summed E-state index contributed by atoms with van der Waals surface area (Å²) in [7, 11) is 0. The Labute approximate surface area is 152 Å². The molecule has 6 nitrogen and oxygen atoms in total. The molecular formula is C20H21N2O4-. The van der Waals surface area contributed by atoms with Gasteiger partial charge in [0.05, 0.1) is 0 Å². The average Bonchev–Trinajstić information content (AvgIpc) is 2.58. The van der Waals surface area contributed by atoms with Crippen molar-refractivity contribution in [2.75, 3.05) is 10.6 Å². The van der Waals surface area contributed by atoms with Crippen molar-refractivity contribution in [1.29, 1.82) is 0 Å². The van der Waals surface area contributed by atoms with E-state index in [0.29, 0.717) is 16.9 Å². The summed E-state index contributed by atoms with van der Waals surface area (Å²) in [5.41, 5.74) is 3.83. The number of aryl methyl sites for hydroxylation is 2. The monoisotopic (exact) mass is 353 g/mol. The van der Waals surface area contributed by atoms with Gasteiger partial charge in [0.2, 0.25) is 5.91 Å². The molecule has 0 fully saturated rings. The van der Waals surface area contributed by atoms with Gasteiger partial charge in [-0.2, -0.15) is 0 Å². The maximum atomic E-state index is 12.4. The van der Waals surface area contributed by atoms with Crippen LogP contribution in [-0.4, -0.2) is 17.8 Å². The Bertz CT molecular complexity index is 830. The van der Waals surface area contributed by atoms with E-state index in [4.69, 9.17) is 0 Å². The lowest BCUT2D eigenvalue weighted by molar-refractivity contribution is -0.305. The van der Waals surface area contributed by atoms with Crippen LogP contribution < -0.4 is 15.7 Å². The maximum absolute atomic E-state index is 12.4. The van der Waals surface area contributed by atoms with Crippen LogP contribution in [0.4, 0.5) is 11.4 Å². The number of anilines is 2. The van der Waals surface area contributed by atoms with Crippen molar-refractivity contribution < 1.29 is 19.5 Å². The van der Waals surface area contributed by atoms with E-state index in [1.54, 1.807) is 24.3 Å². The van der Waals surface area contributed by atoms with Crippen molar-refractivity contribution in [3.63, 3.8) is 0 Å². The highest BCUT2D eigenvalue weighted by Crippen LogP contribution is 2.17. The summed E-state index contributed by atoms with van der Waals surface area (Å²) < 4.78 is 0. The van der Waals surface area contributed by atoms with Crippen LogP contribution in [0.15, 0.2) is 42.5 Å². The smallest absolute Gasteiger partial charge is 0.255 e.